The van der Waals surface area contributed by atoms with Gasteiger partial charge in [0.2, 0.25) is 0 Å². The molecule has 0 saturated carbocycles. The quantitative estimate of drug-likeness (QED) is 0.348. The summed E-state index contributed by atoms with van der Waals surface area (Å²) in [4.78, 5) is 11.7. The lowest BCUT2D eigenvalue weighted by molar-refractivity contribution is 0.0600. The fourth-order valence-corrected chi connectivity index (χ4v) is 3.99. The first kappa shape index (κ1) is 20.9. The molecule has 1 heterocycles. The fraction of sp³-hybridized carbons (Fsp3) is 0.154. The smallest absolute Gasteiger partial charge is 0.337 e. The van der Waals surface area contributed by atoms with Crippen LogP contribution in [-0.2, 0) is 11.3 Å². The monoisotopic (exact) mass is 430 g/mol. The van der Waals surface area contributed by atoms with Gasteiger partial charge in [0.1, 0.15) is 5.69 Å². The Morgan fingerprint density at radius 2 is 1.55 bits per heavy atom. The molecule has 0 fully saturated rings. The number of nitrogens with zero attached hydrogens (tertiary/aromatic N) is 2. The number of carbonyl (C=O) groups excluding carboxylic acids is 1. The molecular formula is C26H23ClN2O2. The molecule has 0 bridgehead atoms. The van der Waals surface area contributed by atoms with E-state index in [9.17, 15) is 4.79 Å². The number of halogens is 1. The third-order valence-electron chi connectivity index (χ3n) is 5.19. The molecule has 4 rings (SSSR count). The van der Waals surface area contributed by atoms with Crippen molar-refractivity contribution in [1.29, 1.82) is 0 Å². The van der Waals surface area contributed by atoms with E-state index in [1.807, 2.05) is 41.1 Å². The van der Waals surface area contributed by atoms with Crippen LogP contribution in [0.15, 0.2) is 72.8 Å². The highest BCUT2D eigenvalue weighted by molar-refractivity contribution is 6.35. The molecule has 4 aromatic rings. The predicted octanol–water partition coefficient (Wildman–Crippen LogP) is 6.32. The molecular weight excluding hydrogens is 408 g/mol. The first-order valence-corrected chi connectivity index (χ1v) is 10.4. The minimum atomic E-state index is -0.351. The van der Waals surface area contributed by atoms with Gasteiger partial charge in [0.25, 0.3) is 0 Å². The Morgan fingerprint density at radius 3 is 2.16 bits per heavy atom. The minimum absolute atomic E-state index is 0.351. The Kier molecular flexibility index (Phi) is 5.92. The van der Waals surface area contributed by atoms with Crippen LogP contribution in [0.25, 0.3) is 22.5 Å². The molecule has 0 aliphatic rings. The van der Waals surface area contributed by atoms with Gasteiger partial charge in [-0.3, -0.25) is 4.68 Å². The maximum atomic E-state index is 11.7. The molecule has 0 atom stereocenters. The van der Waals surface area contributed by atoms with E-state index < -0.39 is 0 Å². The number of methoxy groups -OCH3 is 1. The lowest BCUT2D eigenvalue weighted by atomic mass is 10.1. The van der Waals surface area contributed by atoms with Crippen LogP contribution in [-0.4, -0.2) is 22.9 Å². The first-order valence-electron chi connectivity index (χ1n) is 10.0. The van der Waals surface area contributed by atoms with Crippen LogP contribution in [0.2, 0.25) is 5.02 Å². The number of benzene rings is 3. The molecule has 31 heavy (non-hydrogen) atoms. The SMILES string of the molecule is COC(=O)c1ccc(Cn2nc(-c3cccc(C)c3)c(Cl)c2-c2cccc(C)c2)cc1. The third-order valence-corrected chi connectivity index (χ3v) is 5.54. The molecule has 4 nitrogen and oxygen atoms in total. The Labute approximate surface area is 187 Å². The lowest BCUT2D eigenvalue weighted by Gasteiger charge is -2.09. The zero-order chi connectivity index (χ0) is 22.0. The van der Waals surface area contributed by atoms with Crippen molar-refractivity contribution in [2.45, 2.75) is 20.4 Å². The number of hydrogen-bond acceptors (Lipinski definition) is 3. The summed E-state index contributed by atoms with van der Waals surface area (Å²) in [6, 6.07) is 23.8. The molecule has 0 spiro atoms. The van der Waals surface area contributed by atoms with Crippen LogP contribution in [0.5, 0.6) is 0 Å². The molecule has 0 amide bonds. The topological polar surface area (TPSA) is 44.1 Å². The molecule has 0 N–H and O–H groups in total. The first-order chi connectivity index (χ1) is 15.0. The van der Waals surface area contributed by atoms with Gasteiger partial charge < -0.3 is 4.74 Å². The number of aromatic nitrogens is 2. The minimum Gasteiger partial charge on any atom is -0.465 e. The van der Waals surface area contributed by atoms with Crippen molar-refractivity contribution in [2.24, 2.45) is 0 Å². The molecule has 0 aliphatic carbocycles. The number of carbonyl (C=O) groups is 1. The highest BCUT2D eigenvalue weighted by Gasteiger charge is 2.20. The summed E-state index contributed by atoms with van der Waals surface area (Å²) in [7, 11) is 1.38. The van der Waals surface area contributed by atoms with Crippen molar-refractivity contribution < 1.29 is 9.53 Å². The Hall–Kier alpha value is -3.37. The van der Waals surface area contributed by atoms with E-state index in [0.29, 0.717) is 17.1 Å². The highest BCUT2D eigenvalue weighted by atomic mass is 35.5. The molecule has 156 valence electrons. The second kappa shape index (κ2) is 8.78. The van der Waals surface area contributed by atoms with Gasteiger partial charge in [-0.1, -0.05) is 71.3 Å². The molecule has 5 heteroatoms. The van der Waals surface area contributed by atoms with E-state index in [1.165, 1.54) is 7.11 Å². The predicted molar refractivity (Wildman–Crippen MR) is 124 cm³/mol. The van der Waals surface area contributed by atoms with E-state index >= 15 is 0 Å². The van der Waals surface area contributed by atoms with Crippen molar-refractivity contribution in [2.75, 3.05) is 7.11 Å². The summed E-state index contributed by atoms with van der Waals surface area (Å²) in [6.45, 7) is 4.64. The van der Waals surface area contributed by atoms with E-state index in [1.54, 1.807) is 12.1 Å². The number of esters is 1. The summed E-state index contributed by atoms with van der Waals surface area (Å²) in [5, 5.41) is 5.52. The molecule has 0 radical (unpaired) electrons. The van der Waals surface area contributed by atoms with Gasteiger partial charge in [0, 0.05) is 11.1 Å². The second-order valence-electron chi connectivity index (χ2n) is 7.60. The number of rotatable bonds is 5. The summed E-state index contributed by atoms with van der Waals surface area (Å²) in [5.41, 5.74) is 7.47. The summed E-state index contributed by atoms with van der Waals surface area (Å²) in [6.07, 6.45) is 0. The van der Waals surface area contributed by atoms with Crippen LogP contribution in [0.4, 0.5) is 0 Å². The van der Waals surface area contributed by atoms with Crippen LogP contribution < -0.4 is 0 Å². The average Bonchev–Trinajstić information content (AvgIpc) is 3.09. The number of hydrogen-bond donors (Lipinski definition) is 0. The van der Waals surface area contributed by atoms with Gasteiger partial charge in [0.05, 0.1) is 29.9 Å². The van der Waals surface area contributed by atoms with Gasteiger partial charge >= 0.3 is 5.97 Å². The molecule has 0 unspecified atom stereocenters. The average molecular weight is 431 g/mol. The zero-order valence-corrected chi connectivity index (χ0v) is 18.5. The lowest BCUT2D eigenvalue weighted by Crippen LogP contribution is -2.05. The third kappa shape index (κ3) is 4.39. The Balaban J connectivity index is 1.80. The van der Waals surface area contributed by atoms with Crippen LogP contribution in [0, 0.1) is 13.8 Å². The van der Waals surface area contributed by atoms with E-state index in [2.05, 4.69) is 38.1 Å². The van der Waals surface area contributed by atoms with Crippen molar-refractivity contribution in [3.05, 3.63) is 100 Å². The maximum Gasteiger partial charge on any atom is 0.337 e. The molecule has 0 saturated heterocycles. The summed E-state index contributed by atoms with van der Waals surface area (Å²) in [5.74, 6) is -0.351. The maximum absolute atomic E-state index is 11.7. The van der Waals surface area contributed by atoms with Crippen molar-refractivity contribution in [1.82, 2.24) is 9.78 Å². The summed E-state index contributed by atoms with van der Waals surface area (Å²) >= 11 is 6.91. The van der Waals surface area contributed by atoms with Crippen molar-refractivity contribution in [3.8, 4) is 22.5 Å². The standard InChI is InChI=1S/C26H23ClN2O2/c1-17-6-4-8-21(14-17)24-23(27)25(22-9-5-7-18(2)15-22)29(28-24)16-19-10-12-20(13-11-19)26(30)31-3/h4-15H,16H2,1-3H3. The zero-order valence-electron chi connectivity index (χ0n) is 17.7. The van der Waals surface area contributed by atoms with Crippen molar-refractivity contribution >= 4 is 17.6 Å². The van der Waals surface area contributed by atoms with Crippen LogP contribution >= 0.6 is 11.6 Å². The largest absolute Gasteiger partial charge is 0.465 e. The molecule has 1 aromatic heterocycles. The van der Waals surface area contributed by atoms with Gasteiger partial charge in [-0.05, 0) is 43.7 Å². The van der Waals surface area contributed by atoms with Gasteiger partial charge in [0.15, 0.2) is 0 Å². The van der Waals surface area contributed by atoms with Crippen LogP contribution in [0.3, 0.4) is 0 Å². The normalized spacial score (nSPS) is 10.8. The fourth-order valence-electron chi connectivity index (χ4n) is 3.64. The van der Waals surface area contributed by atoms with E-state index in [-0.39, 0.29) is 5.97 Å². The summed E-state index contributed by atoms with van der Waals surface area (Å²) < 4.78 is 6.72. The van der Waals surface area contributed by atoms with Gasteiger partial charge in [-0.25, -0.2) is 4.79 Å². The van der Waals surface area contributed by atoms with Gasteiger partial charge in [-0.2, -0.15) is 5.10 Å². The molecule has 0 aliphatic heterocycles. The number of aryl methyl sites for hydroxylation is 2. The Morgan fingerprint density at radius 1 is 0.935 bits per heavy atom. The van der Waals surface area contributed by atoms with Gasteiger partial charge in [-0.15, -0.1) is 0 Å². The van der Waals surface area contributed by atoms with E-state index in [0.717, 1.165) is 39.2 Å². The molecule has 3 aromatic carbocycles. The van der Waals surface area contributed by atoms with Crippen LogP contribution in [0.1, 0.15) is 27.0 Å². The Bertz CT molecular complexity index is 1240. The van der Waals surface area contributed by atoms with E-state index in [4.69, 9.17) is 21.4 Å². The number of ether oxygens (including phenoxy) is 1. The highest BCUT2D eigenvalue weighted by Crippen LogP contribution is 2.37. The van der Waals surface area contributed by atoms with Crippen molar-refractivity contribution in [3.63, 3.8) is 0 Å². The second-order valence-corrected chi connectivity index (χ2v) is 7.97.